The predicted molar refractivity (Wildman–Crippen MR) is 87.2 cm³/mol. The van der Waals surface area contributed by atoms with E-state index in [2.05, 4.69) is 45.1 Å². The lowest BCUT2D eigenvalue weighted by Crippen LogP contribution is -2.24. The third-order valence-corrected chi connectivity index (χ3v) is 4.09. The van der Waals surface area contributed by atoms with E-state index in [4.69, 9.17) is 0 Å². The van der Waals surface area contributed by atoms with Crippen LogP contribution in [0.3, 0.4) is 0 Å². The lowest BCUT2D eigenvalue weighted by molar-refractivity contribution is 0.526. The zero-order valence-corrected chi connectivity index (χ0v) is 13.3. The quantitative estimate of drug-likeness (QED) is 0.843. The van der Waals surface area contributed by atoms with Gasteiger partial charge in [0.25, 0.3) is 0 Å². The summed E-state index contributed by atoms with van der Waals surface area (Å²) in [5, 5.41) is 3.50. The van der Waals surface area contributed by atoms with E-state index in [0.717, 1.165) is 12.1 Å². The third kappa shape index (κ3) is 3.70. The summed E-state index contributed by atoms with van der Waals surface area (Å²) in [6.45, 7) is 9.35. The third-order valence-electron chi connectivity index (χ3n) is 4.09. The Morgan fingerprint density at radius 1 is 1.00 bits per heavy atom. The van der Waals surface area contributed by atoms with Crippen LogP contribution in [-0.2, 0) is 6.42 Å². The first kappa shape index (κ1) is 15.7. The minimum atomic E-state index is -0.123. The van der Waals surface area contributed by atoms with Crippen LogP contribution in [-0.4, -0.2) is 6.54 Å². The Hall–Kier alpha value is -1.67. The van der Waals surface area contributed by atoms with Gasteiger partial charge in [-0.2, -0.15) is 0 Å². The van der Waals surface area contributed by atoms with E-state index in [9.17, 15) is 4.39 Å². The Labute approximate surface area is 127 Å². The second-order valence-corrected chi connectivity index (χ2v) is 5.70. The van der Waals surface area contributed by atoms with E-state index in [-0.39, 0.29) is 11.9 Å². The Morgan fingerprint density at radius 2 is 1.67 bits per heavy atom. The van der Waals surface area contributed by atoms with Crippen molar-refractivity contribution in [2.45, 2.75) is 40.2 Å². The van der Waals surface area contributed by atoms with Gasteiger partial charge in [-0.1, -0.05) is 37.3 Å². The molecule has 0 bridgehead atoms. The van der Waals surface area contributed by atoms with Gasteiger partial charge in [0.15, 0.2) is 0 Å². The molecule has 0 amide bonds. The van der Waals surface area contributed by atoms with Gasteiger partial charge < -0.3 is 5.32 Å². The van der Waals surface area contributed by atoms with Crippen molar-refractivity contribution in [3.05, 3.63) is 70.0 Å². The van der Waals surface area contributed by atoms with Crippen molar-refractivity contribution in [2.24, 2.45) is 0 Å². The Balaban J connectivity index is 2.35. The van der Waals surface area contributed by atoms with Gasteiger partial charge in [-0.05, 0) is 67.6 Å². The maximum atomic E-state index is 13.9. The van der Waals surface area contributed by atoms with E-state index in [1.54, 1.807) is 6.07 Å². The van der Waals surface area contributed by atoms with Crippen molar-refractivity contribution in [3.8, 4) is 0 Å². The molecule has 0 aliphatic rings. The summed E-state index contributed by atoms with van der Waals surface area (Å²) >= 11 is 0. The summed E-state index contributed by atoms with van der Waals surface area (Å²) in [5.41, 5.74) is 5.88. The van der Waals surface area contributed by atoms with Crippen LogP contribution in [0, 0.1) is 26.6 Å². The smallest absolute Gasteiger partial charge is 0.126 e. The standard InChI is InChI=1S/C19H24FN/c1-5-21-19(12-16-8-6-7-9-18(16)20)17-11-14(3)13(2)10-15(17)4/h6-11,19,21H,5,12H2,1-4H3. The molecule has 1 N–H and O–H groups in total. The maximum absolute atomic E-state index is 13.9. The SMILES string of the molecule is CCNC(Cc1ccccc1F)c1cc(C)c(C)cc1C. The fourth-order valence-electron chi connectivity index (χ4n) is 2.78. The van der Waals surface area contributed by atoms with Gasteiger partial charge in [0.2, 0.25) is 0 Å². The minimum absolute atomic E-state index is 0.123. The van der Waals surface area contributed by atoms with Crippen LogP contribution in [0.15, 0.2) is 36.4 Å². The molecule has 112 valence electrons. The van der Waals surface area contributed by atoms with Crippen molar-refractivity contribution in [1.82, 2.24) is 5.32 Å². The van der Waals surface area contributed by atoms with Crippen molar-refractivity contribution in [3.63, 3.8) is 0 Å². The second kappa shape index (κ2) is 6.86. The average Bonchev–Trinajstić information content (AvgIpc) is 2.45. The van der Waals surface area contributed by atoms with Crippen molar-refractivity contribution < 1.29 is 4.39 Å². The molecular formula is C19H24FN. The van der Waals surface area contributed by atoms with Gasteiger partial charge in [-0.3, -0.25) is 0 Å². The lowest BCUT2D eigenvalue weighted by atomic mass is 9.92. The van der Waals surface area contributed by atoms with E-state index in [1.807, 2.05) is 12.1 Å². The molecule has 0 aliphatic heterocycles. The minimum Gasteiger partial charge on any atom is -0.310 e. The highest BCUT2D eigenvalue weighted by atomic mass is 19.1. The maximum Gasteiger partial charge on any atom is 0.126 e. The zero-order valence-electron chi connectivity index (χ0n) is 13.3. The molecule has 0 aliphatic carbocycles. The van der Waals surface area contributed by atoms with E-state index >= 15 is 0 Å². The molecule has 1 unspecified atom stereocenters. The summed E-state index contributed by atoms with van der Waals surface area (Å²) < 4.78 is 13.9. The van der Waals surface area contributed by atoms with Gasteiger partial charge in [-0.25, -0.2) is 4.39 Å². The van der Waals surface area contributed by atoms with Gasteiger partial charge in [0.05, 0.1) is 0 Å². The van der Waals surface area contributed by atoms with E-state index in [1.165, 1.54) is 28.3 Å². The van der Waals surface area contributed by atoms with Crippen LogP contribution in [0.4, 0.5) is 4.39 Å². The number of rotatable bonds is 5. The molecule has 0 heterocycles. The summed E-state index contributed by atoms with van der Waals surface area (Å²) in [4.78, 5) is 0. The number of benzene rings is 2. The number of nitrogens with one attached hydrogen (secondary N) is 1. The summed E-state index contributed by atoms with van der Waals surface area (Å²) in [6.07, 6.45) is 0.670. The fraction of sp³-hybridized carbons (Fsp3) is 0.368. The fourth-order valence-corrected chi connectivity index (χ4v) is 2.78. The van der Waals surface area contributed by atoms with Crippen molar-refractivity contribution in [1.29, 1.82) is 0 Å². The summed E-state index contributed by atoms with van der Waals surface area (Å²) in [6, 6.07) is 11.6. The number of hydrogen-bond donors (Lipinski definition) is 1. The molecular weight excluding hydrogens is 261 g/mol. The molecule has 2 rings (SSSR count). The molecule has 1 nitrogen and oxygen atoms in total. The Kier molecular flexibility index (Phi) is 5.13. The molecule has 2 aromatic carbocycles. The normalized spacial score (nSPS) is 12.4. The first-order valence-electron chi connectivity index (χ1n) is 7.57. The molecule has 21 heavy (non-hydrogen) atoms. The Bertz CT molecular complexity index is 619. The number of hydrogen-bond acceptors (Lipinski definition) is 1. The molecule has 1 atom stereocenters. The van der Waals surface area contributed by atoms with Crippen molar-refractivity contribution in [2.75, 3.05) is 6.54 Å². The van der Waals surface area contributed by atoms with E-state index < -0.39 is 0 Å². The summed E-state index contributed by atoms with van der Waals surface area (Å²) in [7, 11) is 0. The molecule has 0 spiro atoms. The van der Waals surface area contributed by atoms with Crippen LogP contribution in [0.1, 0.15) is 40.8 Å². The lowest BCUT2D eigenvalue weighted by Gasteiger charge is -2.22. The molecule has 2 aromatic rings. The van der Waals surface area contributed by atoms with Gasteiger partial charge in [0, 0.05) is 6.04 Å². The molecule has 0 saturated heterocycles. The van der Waals surface area contributed by atoms with Crippen LogP contribution in [0.2, 0.25) is 0 Å². The van der Waals surface area contributed by atoms with Gasteiger partial charge in [0.1, 0.15) is 5.82 Å². The van der Waals surface area contributed by atoms with E-state index in [0.29, 0.717) is 6.42 Å². The zero-order chi connectivity index (χ0) is 15.4. The molecule has 2 heteroatoms. The monoisotopic (exact) mass is 285 g/mol. The second-order valence-electron chi connectivity index (χ2n) is 5.70. The first-order valence-corrected chi connectivity index (χ1v) is 7.57. The van der Waals surface area contributed by atoms with Crippen LogP contribution >= 0.6 is 0 Å². The van der Waals surface area contributed by atoms with Crippen LogP contribution in [0.5, 0.6) is 0 Å². The topological polar surface area (TPSA) is 12.0 Å². The molecule has 0 saturated carbocycles. The molecule has 0 aromatic heterocycles. The first-order chi connectivity index (χ1) is 10.0. The van der Waals surface area contributed by atoms with Gasteiger partial charge in [-0.15, -0.1) is 0 Å². The molecule has 0 fully saturated rings. The summed E-state index contributed by atoms with van der Waals surface area (Å²) in [5.74, 6) is -0.123. The highest BCUT2D eigenvalue weighted by Gasteiger charge is 2.16. The van der Waals surface area contributed by atoms with Crippen LogP contribution in [0.25, 0.3) is 0 Å². The Morgan fingerprint density at radius 3 is 2.33 bits per heavy atom. The largest absolute Gasteiger partial charge is 0.310 e. The predicted octanol–water partition coefficient (Wildman–Crippen LogP) is 4.64. The van der Waals surface area contributed by atoms with Crippen LogP contribution < -0.4 is 5.32 Å². The number of halogens is 1. The van der Waals surface area contributed by atoms with Crippen molar-refractivity contribution >= 4 is 0 Å². The highest BCUT2D eigenvalue weighted by molar-refractivity contribution is 5.39. The van der Waals surface area contributed by atoms with Gasteiger partial charge >= 0.3 is 0 Å². The highest BCUT2D eigenvalue weighted by Crippen LogP contribution is 2.25. The molecule has 0 radical (unpaired) electrons. The number of likely N-dealkylation sites (N-methyl/N-ethyl adjacent to an activating group) is 1. The number of aryl methyl sites for hydroxylation is 3. The average molecular weight is 285 g/mol.